The summed E-state index contributed by atoms with van der Waals surface area (Å²) in [7, 11) is 0. The van der Waals surface area contributed by atoms with Crippen LogP contribution in [0.25, 0.3) is 0 Å². The Bertz CT molecular complexity index is 720. The van der Waals surface area contributed by atoms with Crippen molar-refractivity contribution in [2.45, 2.75) is 130 Å². The Labute approximate surface area is 203 Å². The normalized spacial score (nSPS) is 17.2. The third kappa shape index (κ3) is 7.29. The minimum atomic E-state index is -0.161. The maximum Gasteiger partial charge on any atom is 0.305 e. The van der Waals surface area contributed by atoms with Crippen LogP contribution in [0.1, 0.15) is 146 Å². The van der Waals surface area contributed by atoms with Crippen LogP contribution in [0, 0.1) is 5.92 Å². The first-order valence-corrected chi connectivity index (χ1v) is 13.4. The van der Waals surface area contributed by atoms with Gasteiger partial charge in [-0.2, -0.15) is 5.06 Å². The molecule has 1 aliphatic rings. The van der Waals surface area contributed by atoms with E-state index in [0.29, 0.717) is 43.1 Å². The molecular formula is C29H49NO3. The van der Waals surface area contributed by atoms with Gasteiger partial charge >= 0.3 is 5.97 Å². The van der Waals surface area contributed by atoms with E-state index in [9.17, 15) is 10.0 Å². The number of hydrogen-bond acceptors (Lipinski definition) is 4. The first-order valence-electron chi connectivity index (χ1n) is 13.4. The van der Waals surface area contributed by atoms with Crippen molar-refractivity contribution in [2.24, 2.45) is 5.92 Å². The maximum atomic E-state index is 12.2. The van der Waals surface area contributed by atoms with Crippen molar-refractivity contribution in [3.05, 3.63) is 34.4 Å². The van der Waals surface area contributed by atoms with Crippen molar-refractivity contribution in [3.63, 3.8) is 0 Å². The lowest BCUT2D eigenvalue weighted by molar-refractivity contribution is -0.178. The molecule has 1 fully saturated rings. The molecule has 0 heterocycles. The molecule has 0 aromatic heterocycles. The fourth-order valence-corrected chi connectivity index (χ4v) is 5.52. The van der Waals surface area contributed by atoms with Crippen molar-refractivity contribution in [1.82, 2.24) is 5.06 Å². The topological polar surface area (TPSA) is 49.8 Å². The molecule has 0 bridgehead atoms. The van der Waals surface area contributed by atoms with Gasteiger partial charge in [0.1, 0.15) is 0 Å². The monoisotopic (exact) mass is 459 g/mol. The van der Waals surface area contributed by atoms with E-state index in [0.717, 1.165) is 12.8 Å². The summed E-state index contributed by atoms with van der Waals surface area (Å²) in [5.41, 5.74) is 5.31. The average Bonchev–Trinajstić information content (AvgIpc) is 2.78. The predicted molar refractivity (Wildman–Crippen MR) is 137 cm³/mol. The largest absolute Gasteiger partial charge is 0.466 e. The smallest absolute Gasteiger partial charge is 0.305 e. The Morgan fingerprint density at radius 3 is 1.97 bits per heavy atom. The number of hydroxylamine groups is 2. The quantitative estimate of drug-likeness (QED) is 0.268. The molecule has 188 valence electrons. The van der Waals surface area contributed by atoms with Crippen molar-refractivity contribution >= 4 is 5.97 Å². The molecule has 0 amide bonds. The molecule has 1 aromatic carbocycles. The van der Waals surface area contributed by atoms with Crippen molar-refractivity contribution in [1.29, 1.82) is 0 Å². The zero-order valence-corrected chi connectivity index (χ0v) is 22.5. The van der Waals surface area contributed by atoms with Gasteiger partial charge in [0, 0.05) is 12.5 Å². The molecule has 0 unspecified atom stereocenters. The number of esters is 1. The third-order valence-electron chi connectivity index (χ3n) is 7.47. The van der Waals surface area contributed by atoms with Crippen molar-refractivity contribution in [2.75, 3.05) is 6.61 Å². The summed E-state index contributed by atoms with van der Waals surface area (Å²) in [6.45, 7) is 17.9. The Morgan fingerprint density at radius 1 is 0.970 bits per heavy atom. The summed E-state index contributed by atoms with van der Waals surface area (Å²) in [6.07, 6.45) is 6.94. The van der Waals surface area contributed by atoms with Crippen LogP contribution in [0.2, 0.25) is 0 Å². The molecule has 1 saturated carbocycles. The maximum absolute atomic E-state index is 12.2. The molecule has 0 spiro atoms. The standard InChI is InChI=1S/C29H49NO3/c1-9-33-28(31)16-15-27(23-13-11-10-12-14-23)30(32)22(8)29-25(20(4)5)17-24(19(2)3)18-26(29)21(6)7/h17-23,27,32H,9-16H2,1-8H3/t22-,27+/m1/s1. The van der Waals surface area contributed by atoms with Gasteiger partial charge in [0.25, 0.3) is 0 Å². The van der Waals surface area contributed by atoms with Gasteiger partial charge in [-0.05, 0) is 79.0 Å². The van der Waals surface area contributed by atoms with Crippen LogP contribution in [-0.2, 0) is 9.53 Å². The van der Waals surface area contributed by atoms with E-state index in [2.05, 4.69) is 60.6 Å². The number of hydrogen-bond donors (Lipinski definition) is 1. The Kier molecular flexibility index (Phi) is 10.9. The summed E-state index contributed by atoms with van der Waals surface area (Å²) < 4.78 is 5.20. The number of benzene rings is 1. The molecule has 2 atom stereocenters. The molecule has 33 heavy (non-hydrogen) atoms. The molecule has 1 aliphatic carbocycles. The minimum Gasteiger partial charge on any atom is -0.466 e. The Morgan fingerprint density at radius 2 is 1.52 bits per heavy atom. The second-order valence-electron chi connectivity index (χ2n) is 10.9. The fourth-order valence-electron chi connectivity index (χ4n) is 5.52. The number of carbonyl (C=O) groups is 1. The summed E-state index contributed by atoms with van der Waals surface area (Å²) in [6, 6.07) is 4.55. The second-order valence-corrected chi connectivity index (χ2v) is 10.9. The highest BCUT2D eigenvalue weighted by Crippen LogP contribution is 2.40. The van der Waals surface area contributed by atoms with Crippen LogP contribution in [0.4, 0.5) is 0 Å². The molecule has 4 heteroatoms. The summed E-state index contributed by atoms with van der Waals surface area (Å²) in [5.74, 6) is 1.47. The van der Waals surface area contributed by atoms with Crippen LogP contribution in [0.15, 0.2) is 12.1 Å². The van der Waals surface area contributed by atoms with Gasteiger partial charge in [-0.25, -0.2) is 0 Å². The lowest BCUT2D eigenvalue weighted by atomic mass is 9.79. The number of ether oxygens (including phenoxy) is 1. The highest BCUT2D eigenvalue weighted by atomic mass is 16.5. The van der Waals surface area contributed by atoms with Gasteiger partial charge in [-0.1, -0.05) is 72.9 Å². The predicted octanol–water partition coefficient (Wildman–Crippen LogP) is 8.10. The molecule has 0 aliphatic heterocycles. The van der Waals surface area contributed by atoms with Crippen LogP contribution >= 0.6 is 0 Å². The highest BCUT2D eigenvalue weighted by molar-refractivity contribution is 5.69. The van der Waals surface area contributed by atoms with E-state index in [1.807, 2.05) is 6.92 Å². The Hall–Kier alpha value is -1.39. The van der Waals surface area contributed by atoms with E-state index in [4.69, 9.17) is 4.74 Å². The van der Waals surface area contributed by atoms with Gasteiger partial charge in [-0.15, -0.1) is 0 Å². The van der Waals surface area contributed by atoms with Crippen molar-refractivity contribution < 1.29 is 14.7 Å². The Balaban J connectivity index is 2.45. The van der Waals surface area contributed by atoms with E-state index in [1.54, 1.807) is 5.06 Å². The number of rotatable bonds is 11. The molecule has 0 saturated heterocycles. The lowest BCUT2D eigenvalue weighted by Gasteiger charge is -2.40. The fraction of sp³-hybridized carbons (Fsp3) is 0.759. The van der Waals surface area contributed by atoms with Gasteiger partial charge in [0.2, 0.25) is 0 Å². The van der Waals surface area contributed by atoms with E-state index < -0.39 is 0 Å². The van der Waals surface area contributed by atoms with Gasteiger partial charge < -0.3 is 9.94 Å². The van der Waals surface area contributed by atoms with Gasteiger partial charge in [0.15, 0.2) is 0 Å². The van der Waals surface area contributed by atoms with Crippen LogP contribution in [0.3, 0.4) is 0 Å². The van der Waals surface area contributed by atoms with E-state index in [1.165, 1.54) is 41.5 Å². The second kappa shape index (κ2) is 12.9. The van der Waals surface area contributed by atoms with E-state index in [-0.39, 0.29) is 18.1 Å². The molecule has 1 aromatic rings. The van der Waals surface area contributed by atoms with E-state index >= 15 is 0 Å². The van der Waals surface area contributed by atoms with Crippen LogP contribution < -0.4 is 0 Å². The molecule has 1 N–H and O–H groups in total. The summed E-state index contributed by atoms with van der Waals surface area (Å²) in [4.78, 5) is 12.2. The third-order valence-corrected chi connectivity index (χ3v) is 7.47. The first kappa shape index (κ1) is 27.9. The number of carbonyl (C=O) groups excluding carboxylic acids is 1. The lowest BCUT2D eigenvalue weighted by Crippen LogP contribution is -2.42. The minimum absolute atomic E-state index is 0.0329. The highest BCUT2D eigenvalue weighted by Gasteiger charge is 2.34. The van der Waals surface area contributed by atoms with Crippen molar-refractivity contribution in [3.8, 4) is 0 Å². The van der Waals surface area contributed by atoms with Gasteiger partial charge in [-0.3, -0.25) is 4.79 Å². The van der Waals surface area contributed by atoms with Crippen LogP contribution in [0.5, 0.6) is 0 Å². The average molecular weight is 460 g/mol. The zero-order chi connectivity index (χ0) is 24.7. The summed E-state index contributed by atoms with van der Waals surface area (Å²) in [5, 5.41) is 13.3. The number of nitrogens with zero attached hydrogens (tertiary/aromatic N) is 1. The SMILES string of the molecule is CCOC(=O)CC[C@@H](C1CCCCC1)N(O)[C@H](C)c1c(C(C)C)cc(C(C)C)cc1C(C)C. The summed E-state index contributed by atoms with van der Waals surface area (Å²) >= 11 is 0. The van der Waals surface area contributed by atoms with Crippen LogP contribution in [-0.4, -0.2) is 28.9 Å². The zero-order valence-electron chi connectivity index (χ0n) is 22.5. The molecule has 2 rings (SSSR count). The first-order chi connectivity index (χ1) is 15.6. The molecule has 4 nitrogen and oxygen atoms in total. The van der Waals surface area contributed by atoms with Gasteiger partial charge in [0.05, 0.1) is 12.6 Å². The molecule has 0 radical (unpaired) electrons. The molecular weight excluding hydrogens is 410 g/mol.